The lowest BCUT2D eigenvalue weighted by Gasteiger charge is -2.30. The number of hydrogen-bond donors (Lipinski definition) is 1. The lowest BCUT2D eigenvalue weighted by Crippen LogP contribution is -2.36. The summed E-state index contributed by atoms with van der Waals surface area (Å²) in [5.74, 6) is 0.609. The van der Waals surface area contributed by atoms with Gasteiger partial charge in [0.15, 0.2) is 0 Å². The first-order valence-corrected chi connectivity index (χ1v) is 8.26. The predicted molar refractivity (Wildman–Crippen MR) is 90.6 cm³/mol. The summed E-state index contributed by atoms with van der Waals surface area (Å²) < 4.78 is 5.62. The molecule has 1 rings (SSSR count). The molecule has 0 saturated carbocycles. The summed E-state index contributed by atoms with van der Waals surface area (Å²) in [6, 6.07) is 11.2. The Morgan fingerprint density at radius 2 is 1.76 bits per heavy atom. The van der Waals surface area contributed by atoms with Crippen LogP contribution in [-0.4, -0.2) is 44.3 Å². The first-order valence-electron chi connectivity index (χ1n) is 8.26. The molecule has 1 atom stereocenters. The highest BCUT2D eigenvalue weighted by Crippen LogP contribution is 2.19. The fourth-order valence-electron chi connectivity index (χ4n) is 2.50. The summed E-state index contributed by atoms with van der Waals surface area (Å²) in [6.45, 7) is 14.5. The van der Waals surface area contributed by atoms with Gasteiger partial charge in [0.1, 0.15) is 0 Å². The van der Waals surface area contributed by atoms with Gasteiger partial charge in [0.05, 0.1) is 6.61 Å². The van der Waals surface area contributed by atoms with Gasteiger partial charge >= 0.3 is 0 Å². The van der Waals surface area contributed by atoms with Crippen molar-refractivity contribution >= 4 is 0 Å². The lowest BCUT2D eigenvalue weighted by atomic mass is 10.1. The minimum atomic E-state index is 0.436. The van der Waals surface area contributed by atoms with Gasteiger partial charge in [0.25, 0.3) is 0 Å². The SMILES string of the molecule is CCN(CC)C(CNCCOCC(C)C)c1ccccc1. The Labute approximate surface area is 130 Å². The van der Waals surface area contributed by atoms with Crippen molar-refractivity contribution in [1.29, 1.82) is 0 Å². The van der Waals surface area contributed by atoms with Gasteiger partial charge in [-0.15, -0.1) is 0 Å². The monoisotopic (exact) mass is 292 g/mol. The molecule has 0 spiro atoms. The zero-order chi connectivity index (χ0) is 15.5. The van der Waals surface area contributed by atoms with Crippen molar-refractivity contribution < 1.29 is 4.74 Å². The van der Waals surface area contributed by atoms with Crippen molar-refractivity contribution in [2.45, 2.75) is 33.7 Å². The maximum atomic E-state index is 5.62. The number of likely N-dealkylation sites (N-methyl/N-ethyl adjacent to an activating group) is 1. The third kappa shape index (κ3) is 7.07. The zero-order valence-electron chi connectivity index (χ0n) is 14.1. The van der Waals surface area contributed by atoms with Crippen molar-refractivity contribution in [3.63, 3.8) is 0 Å². The van der Waals surface area contributed by atoms with Crippen LogP contribution < -0.4 is 5.32 Å². The van der Waals surface area contributed by atoms with Crippen LogP contribution >= 0.6 is 0 Å². The maximum absolute atomic E-state index is 5.62. The van der Waals surface area contributed by atoms with Crippen LogP contribution in [0.25, 0.3) is 0 Å². The van der Waals surface area contributed by atoms with E-state index in [4.69, 9.17) is 4.74 Å². The normalized spacial score (nSPS) is 13.0. The molecule has 3 nitrogen and oxygen atoms in total. The molecule has 0 aliphatic heterocycles. The van der Waals surface area contributed by atoms with Gasteiger partial charge < -0.3 is 10.1 Å². The molecular weight excluding hydrogens is 260 g/mol. The minimum Gasteiger partial charge on any atom is -0.380 e. The third-order valence-corrected chi connectivity index (χ3v) is 3.65. The van der Waals surface area contributed by atoms with Gasteiger partial charge in [-0.25, -0.2) is 0 Å². The van der Waals surface area contributed by atoms with Crippen molar-refractivity contribution in [1.82, 2.24) is 10.2 Å². The molecule has 1 aromatic rings. The van der Waals surface area contributed by atoms with Crippen LogP contribution in [0.5, 0.6) is 0 Å². The molecule has 120 valence electrons. The Morgan fingerprint density at radius 3 is 2.33 bits per heavy atom. The quantitative estimate of drug-likeness (QED) is 0.633. The number of benzene rings is 1. The molecule has 0 heterocycles. The molecule has 0 aliphatic rings. The van der Waals surface area contributed by atoms with E-state index < -0.39 is 0 Å². The fourth-order valence-corrected chi connectivity index (χ4v) is 2.50. The highest BCUT2D eigenvalue weighted by Gasteiger charge is 2.16. The van der Waals surface area contributed by atoms with Crippen molar-refractivity contribution in [3.8, 4) is 0 Å². The highest BCUT2D eigenvalue weighted by molar-refractivity contribution is 5.19. The van der Waals surface area contributed by atoms with Gasteiger partial charge in [-0.05, 0) is 24.6 Å². The Morgan fingerprint density at radius 1 is 1.10 bits per heavy atom. The fraction of sp³-hybridized carbons (Fsp3) is 0.667. The van der Waals surface area contributed by atoms with E-state index in [-0.39, 0.29) is 0 Å². The Hall–Kier alpha value is -0.900. The lowest BCUT2D eigenvalue weighted by molar-refractivity contribution is 0.109. The van der Waals surface area contributed by atoms with E-state index in [2.05, 4.69) is 68.2 Å². The third-order valence-electron chi connectivity index (χ3n) is 3.65. The first kappa shape index (κ1) is 18.1. The van der Waals surface area contributed by atoms with E-state index in [1.807, 2.05) is 0 Å². The van der Waals surface area contributed by atoms with Crippen LogP contribution in [-0.2, 0) is 4.74 Å². The van der Waals surface area contributed by atoms with Gasteiger partial charge in [-0.3, -0.25) is 4.90 Å². The molecule has 1 unspecified atom stereocenters. The summed E-state index contributed by atoms with van der Waals surface area (Å²) >= 11 is 0. The van der Waals surface area contributed by atoms with Crippen LogP contribution in [0, 0.1) is 5.92 Å². The van der Waals surface area contributed by atoms with Crippen LogP contribution in [0.1, 0.15) is 39.3 Å². The molecule has 21 heavy (non-hydrogen) atoms. The topological polar surface area (TPSA) is 24.5 Å². The summed E-state index contributed by atoms with van der Waals surface area (Å²) in [5.41, 5.74) is 1.39. The molecule has 0 aliphatic carbocycles. The number of ether oxygens (including phenoxy) is 1. The summed E-state index contributed by atoms with van der Waals surface area (Å²) in [5, 5.41) is 3.54. The molecule has 0 saturated heterocycles. The number of rotatable bonds is 11. The van der Waals surface area contributed by atoms with Crippen molar-refractivity contribution in [2.75, 3.05) is 39.4 Å². The van der Waals surface area contributed by atoms with Crippen LogP contribution in [0.3, 0.4) is 0 Å². The van der Waals surface area contributed by atoms with Gasteiger partial charge in [-0.2, -0.15) is 0 Å². The van der Waals surface area contributed by atoms with Gasteiger partial charge in [0, 0.05) is 25.7 Å². The molecular formula is C18H32N2O. The molecule has 1 aromatic carbocycles. The molecule has 0 aromatic heterocycles. The second-order valence-electron chi connectivity index (χ2n) is 5.82. The minimum absolute atomic E-state index is 0.436. The van der Waals surface area contributed by atoms with E-state index in [1.54, 1.807) is 0 Å². The second kappa shape index (κ2) is 10.8. The predicted octanol–water partition coefficient (Wildman–Crippen LogP) is 3.33. The molecule has 1 N–H and O–H groups in total. The molecule has 0 fully saturated rings. The van der Waals surface area contributed by atoms with Gasteiger partial charge in [-0.1, -0.05) is 58.0 Å². The summed E-state index contributed by atoms with van der Waals surface area (Å²) in [4.78, 5) is 2.50. The zero-order valence-corrected chi connectivity index (χ0v) is 14.1. The van der Waals surface area contributed by atoms with E-state index in [0.717, 1.165) is 39.4 Å². The average molecular weight is 292 g/mol. The van der Waals surface area contributed by atoms with Crippen LogP contribution in [0.4, 0.5) is 0 Å². The average Bonchev–Trinajstić information content (AvgIpc) is 2.50. The van der Waals surface area contributed by atoms with Crippen LogP contribution in [0.15, 0.2) is 30.3 Å². The number of nitrogens with one attached hydrogen (secondary N) is 1. The van der Waals surface area contributed by atoms with E-state index >= 15 is 0 Å². The Bertz CT molecular complexity index is 349. The summed E-state index contributed by atoms with van der Waals surface area (Å²) in [7, 11) is 0. The Balaban J connectivity index is 2.43. The smallest absolute Gasteiger partial charge is 0.0591 e. The molecule has 3 heteroatoms. The standard InChI is InChI=1S/C18H32N2O/c1-5-20(6-2)18(17-10-8-7-9-11-17)14-19-12-13-21-15-16(3)4/h7-11,16,18-19H,5-6,12-15H2,1-4H3. The largest absolute Gasteiger partial charge is 0.380 e. The van der Waals surface area contributed by atoms with E-state index in [0.29, 0.717) is 12.0 Å². The molecule has 0 amide bonds. The van der Waals surface area contributed by atoms with Crippen molar-refractivity contribution in [2.24, 2.45) is 5.92 Å². The molecule has 0 radical (unpaired) electrons. The van der Waals surface area contributed by atoms with Crippen LogP contribution in [0.2, 0.25) is 0 Å². The van der Waals surface area contributed by atoms with Gasteiger partial charge in [0.2, 0.25) is 0 Å². The number of nitrogens with zero attached hydrogens (tertiary/aromatic N) is 1. The Kier molecular flexibility index (Phi) is 9.31. The highest BCUT2D eigenvalue weighted by atomic mass is 16.5. The summed E-state index contributed by atoms with van der Waals surface area (Å²) in [6.07, 6.45) is 0. The van der Waals surface area contributed by atoms with Crippen molar-refractivity contribution in [3.05, 3.63) is 35.9 Å². The van der Waals surface area contributed by atoms with E-state index in [9.17, 15) is 0 Å². The maximum Gasteiger partial charge on any atom is 0.0591 e. The van der Waals surface area contributed by atoms with E-state index in [1.165, 1.54) is 5.56 Å². The molecule has 0 bridgehead atoms. The number of hydrogen-bond acceptors (Lipinski definition) is 3. The first-order chi connectivity index (χ1) is 10.2. The second-order valence-corrected chi connectivity index (χ2v) is 5.82.